The Morgan fingerprint density at radius 1 is 1.09 bits per heavy atom. The number of carboxylic acids is 2. The summed E-state index contributed by atoms with van der Waals surface area (Å²) in [5, 5.41) is 17.9. The molecular weight excluding hydrogens is 476 g/mol. The van der Waals surface area contributed by atoms with Crippen molar-refractivity contribution in [2.75, 3.05) is 18.0 Å². The first-order chi connectivity index (χ1) is 17.0. The number of carboxylic acid groups (broad SMARTS) is 2. The lowest BCUT2D eigenvalue weighted by atomic mass is 9.96. The van der Waals surface area contributed by atoms with Crippen molar-refractivity contribution in [2.45, 2.75) is 49.5 Å². The zero-order chi connectivity index (χ0) is 26.5. The molecule has 0 saturated carbocycles. The Morgan fingerprint density at radius 2 is 1.74 bits per heavy atom. The van der Waals surface area contributed by atoms with E-state index in [9.17, 15) is 22.8 Å². The number of nitrogens with zero attached hydrogens (tertiary/aromatic N) is 1. The number of hydrogen-bond donors (Lipinski definition) is 3. The second kappa shape index (κ2) is 11.3. The molecule has 2 atom stereocenters. The fourth-order valence-electron chi connectivity index (χ4n) is 3.85. The van der Waals surface area contributed by atoms with Crippen LogP contribution in [0.3, 0.4) is 0 Å². The Bertz CT molecular complexity index is 1230. The predicted octanol–water partition coefficient (Wildman–Crippen LogP) is 2.59. The zero-order valence-electron chi connectivity index (χ0n) is 20.1. The molecule has 3 rings (SSSR count). The number of ether oxygens (including phenoxy) is 1. The number of benzene rings is 2. The van der Waals surface area contributed by atoms with Gasteiger partial charge in [-0.25, -0.2) is 8.42 Å². The van der Waals surface area contributed by atoms with Crippen molar-refractivity contribution in [3.05, 3.63) is 54.1 Å². The average Bonchev–Trinajstić information content (AvgIpc) is 3.34. The minimum Gasteiger partial charge on any atom is -0.481 e. The fraction of sp³-hybridized carbons (Fsp3) is 0.375. The van der Waals surface area contributed by atoms with Gasteiger partial charge in [0.1, 0.15) is 11.8 Å². The minimum atomic E-state index is -4.53. The molecule has 1 aliphatic rings. The maximum atomic E-state index is 12.9. The summed E-state index contributed by atoms with van der Waals surface area (Å²) in [4.78, 5) is 36.6. The van der Waals surface area contributed by atoms with Gasteiger partial charge in [0, 0.05) is 18.8 Å². The highest BCUT2D eigenvalue weighted by atomic mass is 32.2. The van der Waals surface area contributed by atoms with Crippen molar-refractivity contribution in [2.24, 2.45) is 0 Å². The minimum absolute atomic E-state index is 0.0450. The summed E-state index contributed by atoms with van der Waals surface area (Å²) < 4.78 is 40.3. The second-order valence-corrected chi connectivity index (χ2v) is 9.85. The van der Waals surface area contributed by atoms with Crippen LogP contribution >= 0.6 is 0 Å². The Balaban J connectivity index is 1.72. The van der Waals surface area contributed by atoms with Crippen LogP contribution in [0.5, 0.6) is 5.75 Å². The van der Waals surface area contributed by atoms with Crippen LogP contribution in [0, 0.1) is 0 Å². The van der Waals surface area contributed by atoms with E-state index in [1.165, 1.54) is 6.07 Å². The zero-order valence-corrected chi connectivity index (χ0v) is 20.0. The highest BCUT2D eigenvalue weighted by Crippen LogP contribution is 2.27. The van der Waals surface area contributed by atoms with E-state index in [4.69, 9.17) is 16.3 Å². The molecule has 188 valence electrons. The van der Waals surface area contributed by atoms with E-state index in [1.54, 1.807) is 4.72 Å². The highest BCUT2D eigenvalue weighted by Gasteiger charge is 2.28. The number of nitrogens with one attached hydrogen (secondary N) is 1. The first-order valence-electron chi connectivity index (χ1n) is 11.7. The molecule has 1 fully saturated rings. The topological polar surface area (TPSA) is 150 Å². The molecule has 0 bridgehead atoms. The van der Waals surface area contributed by atoms with E-state index in [-0.39, 0.29) is 5.75 Å². The van der Waals surface area contributed by atoms with Gasteiger partial charge in [0.2, 0.25) is 10.0 Å². The van der Waals surface area contributed by atoms with Gasteiger partial charge in [0.15, 0.2) is 0 Å². The number of carbonyl (C=O) groups excluding carboxylic acids is 1. The number of rotatable bonds is 11. The first kappa shape index (κ1) is 24.7. The Kier molecular flexibility index (Phi) is 7.98. The van der Waals surface area contributed by atoms with E-state index in [0.29, 0.717) is 6.42 Å². The molecule has 0 aromatic heterocycles. The molecular formula is C24H28N2O8S. The lowest BCUT2D eigenvalue weighted by molar-refractivity contribution is -0.145. The van der Waals surface area contributed by atoms with Crippen molar-refractivity contribution in [3.8, 4) is 5.75 Å². The third kappa shape index (κ3) is 6.80. The van der Waals surface area contributed by atoms with Crippen LogP contribution in [0.15, 0.2) is 53.4 Å². The summed E-state index contributed by atoms with van der Waals surface area (Å²) in [6.07, 6.45) is 1.80. The van der Waals surface area contributed by atoms with Gasteiger partial charge in [-0.05, 0) is 61.2 Å². The van der Waals surface area contributed by atoms with Crippen molar-refractivity contribution >= 4 is 33.6 Å². The fourth-order valence-corrected chi connectivity index (χ4v) is 5.00. The molecule has 0 radical (unpaired) electrons. The largest absolute Gasteiger partial charge is 0.481 e. The van der Waals surface area contributed by atoms with Crippen LogP contribution in [0.1, 0.15) is 45.5 Å². The molecule has 10 nitrogen and oxygen atoms in total. The van der Waals surface area contributed by atoms with Gasteiger partial charge < -0.3 is 19.8 Å². The number of sulfonamides is 1. The number of carbonyl (C=O) groups is 3. The number of aliphatic carboxylic acids is 2. The molecule has 0 aliphatic carbocycles. The first-order valence-corrected chi connectivity index (χ1v) is 12.6. The van der Waals surface area contributed by atoms with Gasteiger partial charge in [-0.3, -0.25) is 14.4 Å². The summed E-state index contributed by atoms with van der Waals surface area (Å²) in [5.74, 6) is -4.35. The van der Waals surface area contributed by atoms with Gasteiger partial charge in [-0.15, -0.1) is 0 Å². The van der Waals surface area contributed by atoms with Crippen molar-refractivity contribution in [3.63, 3.8) is 0 Å². The lowest BCUT2D eigenvalue weighted by Gasteiger charge is -2.19. The molecule has 35 heavy (non-hydrogen) atoms. The van der Waals surface area contributed by atoms with Gasteiger partial charge in [-0.1, -0.05) is 19.1 Å². The predicted molar refractivity (Wildman–Crippen MR) is 127 cm³/mol. The molecule has 2 aromatic rings. The second-order valence-electron chi connectivity index (χ2n) is 8.17. The van der Waals surface area contributed by atoms with Gasteiger partial charge in [0.25, 0.3) is 0 Å². The molecule has 0 amide bonds. The quantitative estimate of drug-likeness (QED) is 0.309. The summed E-state index contributed by atoms with van der Waals surface area (Å²) in [5.41, 5.74) is 1.87. The van der Waals surface area contributed by atoms with E-state index in [2.05, 4.69) is 4.90 Å². The summed E-state index contributed by atoms with van der Waals surface area (Å²) >= 11 is 0. The SMILES string of the molecule is [2H]c1cc(OC(=O)C(CC)c2ccc(N3CCCC3)cc2)ccc1S(=O)(=O)N[C@@H](CC(=O)O)C(=O)O. The standard InChI is InChI=1S/C24H28N2O8S/c1-2-20(16-5-7-17(8-6-16)26-13-3-4-14-26)24(31)34-18-9-11-19(12-10-18)35(32,33)25-21(23(29)30)15-22(27)28/h5-12,20-21,25H,2-4,13-15H2,1H3,(H,27,28)(H,29,30)/t20?,21-/m0/s1/i11D. The maximum Gasteiger partial charge on any atom is 0.322 e. The van der Waals surface area contributed by atoms with Crippen LogP contribution in [0.4, 0.5) is 5.69 Å². The monoisotopic (exact) mass is 505 g/mol. The van der Waals surface area contributed by atoms with Crippen molar-refractivity contribution in [1.82, 2.24) is 4.72 Å². The van der Waals surface area contributed by atoms with Crippen LogP contribution in [-0.4, -0.2) is 55.7 Å². The summed E-state index contributed by atoms with van der Waals surface area (Å²) in [7, 11) is -4.53. The molecule has 0 spiro atoms. The Hall–Kier alpha value is -3.44. The van der Waals surface area contributed by atoms with Crippen LogP contribution in [0.25, 0.3) is 0 Å². The number of esters is 1. The third-order valence-corrected chi connectivity index (χ3v) is 7.13. The maximum absolute atomic E-state index is 12.9. The van der Waals surface area contributed by atoms with Crippen molar-refractivity contribution in [1.29, 1.82) is 0 Å². The average molecular weight is 506 g/mol. The van der Waals surface area contributed by atoms with Crippen molar-refractivity contribution < 1.29 is 39.1 Å². The molecule has 1 saturated heterocycles. The Labute approximate surface area is 205 Å². The van der Waals surface area contributed by atoms with E-state index >= 15 is 0 Å². The van der Waals surface area contributed by atoms with Crippen LogP contribution in [0.2, 0.25) is 0 Å². The summed E-state index contributed by atoms with van der Waals surface area (Å²) in [6, 6.07) is 8.47. The van der Waals surface area contributed by atoms with Gasteiger partial charge >= 0.3 is 17.9 Å². The lowest BCUT2D eigenvalue weighted by Crippen LogP contribution is -2.42. The highest BCUT2D eigenvalue weighted by molar-refractivity contribution is 7.89. The number of anilines is 1. The third-order valence-electron chi connectivity index (χ3n) is 5.70. The summed E-state index contributed by atoms with van der Waals surface area (Å²) in [6.45, 7) is 3.85. The molecule has 3 N–H and O–H groups in total. The normalized spacial score (nSPS) is 15.8. The van der Waals surface area contributed by atoms with E-state index in [1.807, 2.05) is 31.2 Å². The molecule has 11 heteroatoms. The van der Waals surface area contributed by atoms with Crippen LogP contribution < -0.4 is 14.4 Å². The molecule has 2 aromatic carbocycles. The molecule has 1 unspecified atom stereocenters. The van der Waals surface area contributed by atoms with Gasteiger partial charge in [-0.2, -0.15) is 4.72 Å². The molecule has 1 aliphatic heterocycles. The number of hydrogen-bond acceptors (Lipinski definition) is 7. The molecule has 1 heterocycles. The van der Waals surface area contributed by atoms with Gasteiger partial charge in [0.05, 0.1) is 18.6 Å². The van der Waals surface area contributed by atoms with E-state index < -0.39 is 57.2 Å². The smallest absolute Gasteiger partial charge is 0.322 e. The Morgan fingerprint density at radius 3 is 2.29 bits per heavy atom. The van der Waals surface area contributed by atoms with Crippen LogP contribution in [-0.2, 0) is 24.4 Å². The van der Waals surface area contributed by atoms with E-state index in [0.717, 1.165) is 49.3 Å².